The number of hydrogen-bond acceptors (Lipinski definition) is 6. The molecule has 2 fully saturated rings. The van der Waals surface area contributed by atoms with Gasteiger partial charge in [0, 0.05) is 18.2 Å². The number of nitro groups is 1. The summed E-state index contributed by atoms with van der Waals surface area (Å²) in [5.41, 5.74) is 0.280. The topological polar surface area (TPSA) is 111 Å². The first-order valence-electron chi connectivity index (χ1n) is 10.0. The van der Waals surface area contributed by atoms with Gasteiger partial charge in [0.15, 0.2) is 6.10 Å². The number of carbonyl (C=O) groups excluding carboxylic acids is 2. The molecule has 0 bridgehead atoms. The molecule has 0 unspecified atom stereocenters. The highest BCUT2D eigenvalue weighted by molar-refractivity contribution is 5.93. The van der Waals surface area contributed by atoms with E-state index in [4.69, 9.17) is 4.74 Å². The minimum atomic E-state index is -0.959. The van der Waals surface area contributed by atoms with Crippen molar-refractivity contribution in [1.82, 2.24) is 5.32 Å². The highest BCUT2D eigenvalue weighted by atomic mass is 16.6. The fraction of sp³-hybridized carbons (Fsp3) is 0.600. The molecule has 1 aromatic rings. The number of amides is 1. The molecule has 8 heteroatoms. The maximum absolute atomic E-state index is 12.4. The van der Waals surface area contributed by atoms with Crippen molar-refractivity contribution in [1.29, 1.82) is 0 Å². The number of hydrogen-bond donors (Lipinski definition) is 2. The Bertz CT molecular complexity index is 739. The molecule has 3 rings (SSSR count). The number of ether oxygens (including phenoxy) is 1. The minimum Gasteiger partial charge on any atom is -0.449 e. The molecule has 1 amide bonds. The summed E-state index contributed by atoms with van der Waals surface area (Å²) in [6.07, 6.45) is 7.42. The maximum atomic E-state index is 12.4. The van der Waals surface area contributed by atoms with Gasteiger partial charge in [0.2, 0.25) is 0 Å². The van der Waals surface area contributed by atoms with Crippen LogP contribution in [-0.2, 0) is 9.53 Å². The summed E-state index contributed by atoms with van der Waals surface area (Å²) in [6.45, 7) is 1.52. The van der Waals surface area contributed by atoms with Crippen molar-refractivity contribution in [2.75, 3.05) is 5.32 Å². The average molecular weight is 389 g/mol. The Hall–Kier alpha value is -2.64. The molecule has 0 radical (unpaired) electrons. The number of nitrogens with zero attached hydrogens (tertiary/aromatic N) is 1. The van der Waals surface area contributed by atoms with Gasteiger partial charge in [0.25, 0.3) is 11.6 Å². The third kappa shape index (κ3) is 5.43. The van der Waals surface area contributed by atoms with Crippen LogP contribution >= 0.6 is 0 Å². The summed E-state index contributed by atoms with van der Waals surface area (Å²) >= 11 is 0. The van der Waals surface area contributed by atoms with E-state index in [1.807, 2.05) is 0 Å². The van der Waals surface area contributed by atoms with Crippen LogP contribution in [0.5, 0.6) is 0 Å². The summed E-state index contributed by atoms with van der Waals surface area (Å²) in [7, 11) is 0. The first-order chi connectivity index (χ1) is 13.4. The lowest BCUT2D eigenvalue weighted by molar-refractivity contribution is -0.384. The van der Waals surface area contributed by atoms with Crippen LogP contribution in [0.25, 0.3) is 0 Å². The smallest absolute Gasteiger partial charge is 0.339 e. The number of esters is 1. The molecule has 1 aromatic carbocycles. The molecule has 0 aromatic heterocycles. The summed E-state index contributed by atoms with van der Waals surface area (Å²) in [6, 6.07) is 4.57. The third-order valence-corrected chi connectivity index (χ3v) is 5.22. The van der Waals surface area contributed by atoms with Gasteiger partial charge >= 0.3 is 5.97 Å². The summed E-state index contributed by atoms with van der Waals surface area (Å²) in [4.78, 5) is 35.5. The number of rotatable bonds is 7. The predicted octanol–water partition coefficient (Wildman–Crippen LogP) is 3.55. The molecule has 2 aliphatic rings. The van der Waals surface area contributed by atoms with Gasteiger partial charge in [-0.25, -0.2) is 4.79 Å². The molecule has 2 aliphatic carbocycles. The van der Waals surface area contributed by atoms with Crippen molar-refractivity contribution in [3.8, 4) is 0 Å². The fourth-order valence-corrected chi connectivity index (χ4v) is 3.40. The molecule has 2 saturated carbocycles. The highest BCUT2D eigenvalue weighted by Crippen LogP contribution is 2.31. The van der Waals surface area contributed by atoms with Crippen LogP contribution in [0.4, 0.5) is 11.4 Å². The monoisotopic (exact) mass is 389 g/mol. The van der Waals surface area contributed by atoms with Gasteiger partial charge in [-0.2, -0.15) is 0 Å². The quantitative estimate of drug-likeness (QED) is 0.319. The zero-order chi connectivity index (χ0) is 20.1. The van der Waals surface area contributed by atoms with Gasteiger partial charge in [-0.05, 0) is 44.7 Å². The van der Waals surface area contributed by atoms with E-state index in [9.17, 15) is 19.7 Å². The molecule has 2 N–H and O–H groups in total. The van der Waals surface area contributed by atoms with Gasteiger partial charge in [0.05, 0.1) is 10.5 Å². The number of benzene rings is 1. The van der Waals surface area contributed by atoms with Crippen LogP contribution in [0.2, 0.25) is 0 Å². The van der Waals surface area contributed by atoms with E-state index < -0.39 is 17.0 Å². The van der Waals surface area contributed by atoms with E-state index in [0.29, 0.717) is 5.69 Å². The van der Waals surface area contributed by atoms with Gasteiger partial charge in [-0.3, -0.25) is 14.9 Å². The molecule has 28 heavy (non-hydrogen) atoms. The van der Waals surface area contributed by atoms with E-state index >= 15 is 0 Å². The second-order valence-electron chi connectivity index (χ2n) is 7.65. The Labute approximate surface area is 164 Å². The number of anilines is 1. The Balaban J connectivity index is 1.60. The van der Waals surface area contributed by atoms with Crippen molar-refractivity contribution in [3.63, 3.8) is 0 Å². The standard InChI is InChI=1S/C20H27N3O5/c1-13(19(24)22-15-6-4-2-3-5-7-15)28-20(25)14-8-11-17(21-16-9-10-16)18(12-14)23(26)27/h8,11-13,15-16,21H,2-7,9-10H2,1H3,(H,22,24)/t13-/m0/s1. The molecule has 8 nitrogen and oxygen atoms in total. The predicted molar refractivity (Wildman–Crippen MR) is 104 cm³/mol. The summed E-state index contributed by atoms with van der Waals surface area (Å²) in [5.74, 6) is -1.08. The van der Waals surface area contributed by atoms with E-state index in [0.717, 1.165) is 38.5 Å². The number of carbonyl (C=O) groups is 2. The van der Waals surface area contributed by atoms with E-state index in [1.54, 1.807) is 0 Å². The minimum absolute atomic E-state index is 0.0576. The van der Waals surface area contributed by atoms with Crippen LogP contribution in [0.3, 0.4) is 0 Å². The van der Waals surface area contributed by atoms with E-state index in [1.165, 1.54) is 38.0 Å². The lowest BCUT2D eigenvalue weighted by Gasteiger charge is -2.19. The molecule has 152 valence electrons. The van der Waals surface area contributed by atoms with Gasteiger partial charge in [0.1, 0.15) is 5.69 Å². The SMILES string of the molecule is C[C@H](OC(=O)c1ccc(NC2CC2)c([N+](=O)[O-])c1)C(=O)NC1CCCCCC1. The molecular weight excluding hydrogens is 362 g/mol. The average Bonchev–Trinajstić information content (AvgIpc) is 3.49. The summed E-state index contributed by atoms with van der Waals surface area (Å²) in [5, 5.41) is 17.4. The van der Waals surface area contributed by atoms with Crippen LogP contribution in [-0.4, -0.2) is 35.0 Å². The van der Waals surface area contributed by atoms with E-state index in [-0.39, 0.29) is 29.2 Å². The second kappa shape index (κ2) is 9.03. The van der Waals surface area contributed by atoms with Crippen LogP contribution < -0.4 is 10.6 Å². The van der Waals surface area contributed by atoms with Gasteiger partial charge < -0.3 is 15.4 Å². The van der Waals surface area contributed by atoms with Gasteiger partial charge in [-0.15, -0.1) is 0 Å². The Morgan fingerprint density at radius 2 is 1.79 bits per heavy atom. The lowest BCUT2D eigenvalue weighted by atomic mass is 10.1. The normalized spacial score (nSPS) is 18.6. The first-order valence-corrected chi connectivity index (χ1v) is 10.0. The molecule has 0 spiro atoms. The lowest BCUT2D eigenvalue weighted by Crippen LogP contribution is -2.41. The van der Waals surface area contributed by atoms with Gasteiger partial charge in [-0.1, -0.05) is 25.7 Å². The van der Waals surface area contributed by atoms with Crippen LogP contribution in [0, 0.1) is 10.1 Å². The van der Waals surface area contributed by atoms with Crippen molar-refractivity contribution in [2.24, 2.45) is 0 Å². The van der Waals surface area contributed by atoms with Crippen LogP contribution in [0.15, 0.2) is 18.2 Å². The molecular formula is C20H27N3O5. The Morgan fingerprint density at radius 1 is 1.11 bits per heavy atom. The third-order valence-electron chi connectivity index (χ3n) is 5.22. The maximum Gasteiger partial charge on any atom is 0.339 e. The van der Waals surface area contributed by atoms with Crippen LogP contribution in [0.1, 0.15) is 68.6 Å². The highest BCUT2D eigenvalue weighted by Gasteiger charge is 2.27. The first kappa shape index (κ1) is 20.1. The van der Waals surface area contributed by atoms with Crippen molar-refractivity contribution in [2.45, 2.75) is 76.5 Å². The largest absolute Gasteiger partial charge is 0.449 e. The van der Waals surface area contributed by atoms with Crippen molar-refractivity contribution in [3.05, 3.63) is 33.9 Å². The fourth-order valence-electron chi connectivity index (χ4n) is 3.40. The zero-order valence-electron chi connectivity index (χ0n) is 16.1. The Kier molecular flexibility index (Phi) is 6.49. The van der Waals surface area contributed by atoms with Crippen molar-refractivity contribution < 1.29 is 19.2 Å². The number of nitrogens with one attached hydrogen (secondary N) is 2. The second-order valence-corrected chi connectivity index (χ2v) is 7.65. The Morgan fingerprint density at radius 3 is 2.39 bits per heavy atom. The van der Waals surface area contributed by atoms with Crippen molar-refractivity contribution >= 4 is 23.3 Å². The zero-order valence-corrected chi connectivity index (χ0v) is 16.1. The summed E-state index contributed by atoms with van der Waals surface area (Å²) < 4.78 is 5.25. The molecule has 0 aliphatic heterocycles. The molecule has 0 heterocycles. The van der Waals surface area contributed by atoms with E-state index in [2.05, 4.69) is 10.6 Å². The molecule has 1 atom stereocenters. The number of nitro benzene ring substituents is 1. The molecule has 0 saturated heterocycles.